The maximum atomic E-state index is 11.1. The fourth-order valence-corrected chi connectivity index (χ4v) is 2.09. The first kappa shape index (κ1) is 19.2. The van der Waals surface area contributed by atoms with Crippen molar-refractivity contribution in [1.82, 2.24) is 0 Å². The van der Waals surface area contributed by atoms with Crippen molar-refractivity contribution in [2.45, 2.75) is 77.7 Å². The second-order valence-corrected chi connectivity index (χ2v) is 5.20. The Morgan fingerprint density at radius 2 is 1.75 bits per heavy atom. The van der Waals surface area contributed by atoms with Crippen LogP contribution in [-0.4, -0.2) is 25.3 Å². The largest absolute Gasteiger partial charge is 0.464 e. The van der Waals surface area contributed by atoms with Gasteiger partial charge in [0.25, 0.3) is 0 Å². The fourth-order valence-electron chi connectivity index (χ4n) is 2.09. The van der Waals surface area contributed by atoms with E-state index in [0.29, 0.717) is 13.2 Å². The predicted octanol–water partition coefficient (Wildman–Crippen LogP) is 4.65. The van der Waals surface area contributed by atoms with Gasteiger partial charge in [-0.1, -0.05) is 57.9 Å². The monoisotopic (exact) mass is 284 g/mol. The summed E-state index contributed by atoms with van der Waals surface area (Å²) in [5.41, 5.74) is 0. The first-order chi connectivity index (χ1) is 9.76. The molecule has 0 bridgehead atoms. The van der Waals surface area contributed by atoms with Crippen molar-refractivity contribution in [3.8, 4) is 0 Å². The lowest BCUT2D eigenvalue weighted by Crippen LogP contribution is -2.18. The Labute approximate surface area is 124 Å². The first-order valence-corrected chi connectivity index (χ1v) is 8.11. The van der Waals surface area contributed by atoms with Gasteiger partial charge in [0, 0.05) is 13.0 Å². The molecule has 0 amide bonds. The molecule has 1 heterocycles. The van der Waals surface area contributed by atoms with E-state index in [9.17, 15) is 4.79 Å². The van der Waals surface area contributed by atoms with Crippen LogP contribution in [0, 0.1) is 0 Å². The van der Waals surface area contributed by atoms with Crippen LogP contribution in [0.15, 0.2) is 12.7 Å². The molecule has 0 unspecified atom stereocenters. The quantitative estimate of drug-likeness (QED) is 0.333. The van der Waals surface area contributed by atoms with E-state index in [-0.39, 0.29) is 12.1 Å². The van der Waals surface area contributed by atoms with Crippen LogP contribution in [0.4, 0.5) is 0 Å². The summed E-state index contributed by atoms with van der Waals surface area (Å²) in [6, 6.07) is 0. The van der Waals surface area contributed by atoms with Gasteiger partial charge in [-0.05, 0) is 13.3 Å². The molecule has 1 atom stereocenters. The number of hydrogen-bond acceptors (Lipinski definition) is 3. The van der Waals surface area contributed by atoms with Gasteiger partial charge in [0.2, 0.25) is 0 Å². The van der Waals surface area contributed by atoms with Gasteiger partial charge in [-0.3, -0.25) is 0 Å². The number of carbonyl (C=O) groups is 1. The van der Waals surface area contributed by atoms with E-state index in [2.05, 4.69) is 13.5 Å². The predicted molar refractivity (Wildman–Crippen MR) is 83.8 cm³/mol. The molecule has 0 spiro atoms. The number of ether oxygens (including phenoxy) is 2. The van der Waals surface area contributed by atoms with Gasteiger partial charge >= 0.3 is 5.97 Å². The first-order valence-electron chi connectivity index (χ1n) is 8.11. The summed E-state index contributed by atoms with van der Waals surface area (Å²) in [7, 11) is 0. The minimum absolute atomic E-state index is 0.176. The highest BCUT2D eigenvalue weighted by molar-refractivity contribution is 5.76. The summed E-state index contributed by atoms with van der Waals surface area (Å²) in [5, 5.41) is 0. The number of cyclic esters (lactones) is 1. The molecule has 3 heteroatoms. The van der Waals surface area contributed by atoms with Gasteiger partial charge in [0.1, 0.15) is 0 Å². The lowest BCUT2D eigenvalue weighted by Gasteiger charge is -2.07. The molecule has 0 aliphatic carbocycles. The van der Waals surface area contributed by atoms with Crippen molar-refractivity contribution in [1.29, 1.82) is 0 Å². The zero-order valence-electron chi connectivity index (χ0n) is 13.4. The Morgan fingerprint density at radius 1 is 1.20 bits per heavy atom. The van der Waals surface area contributed by atoms with Gasteiger partial charge in [-0.25, -0.2) is 4.79 Å². The fraction of sp³-hybridized carbons (Fsp3) is 0.824. The minimum atomic E-state index is -0.278. The Balaban J connectivity index is 0.00000110. The van der Waals surface area contributed by atoms with Gasteiger partial charge in [-0.2, -0.15) is 0 Å². The van der Waals surface area contributed by atoms with Crippen LogP contribution in [0.3, 0.4) is 0 Å². The average Bonchev–Trinajstić information content (AvgIpc) is 2.83. The summed E-state index contributed by atoms with van der Waals surface area (Å²) in [4.78, 5) is 11.1. The Morgan fingerprint density at radius 3 is 2.25 bits per heavy atom. The number of unbranched alkanes of at least 4 members (excludes halogenated alkanes) is 7. The van der Waals surface area contributed by atoms with Crippen molar-refractivity contribution in [3.63, 3.8) is 0 Å². The molecular formula is C17H32O3. The Kier molecular flexibility index (Phi) is 14.0. The van der Waals surface area contributed by atoms with Crippen LogP contribution in [0.2, 0.25) is 0 Å². The van der Waals surface area contributed by atoms with E-state index in [0.717, 1.165) is 12.8 Å². The third kappa shape index (κ3) is 11.0. The number of hydrogen-bond donors (Lipinski definition) is 0. The molecule has 1 aliphatic heterocycles. The van der Waals surface area contributed by atoms with Crippen molar-refractivity contribution in [3.05, 3.63) is 12.7 Å². The SMILES string of the molecule is C=CC.CCCCCCCCCCO[C@@H]1CCOC1=O. The van der Waals surface area contributed by atoms with Crippen molar-refractivity contribution in [2.24, 2.45) is 0 Å². The molecule has 0 radical (unpaired) electrons. The number of allylic oxidation sites excluding steroid dienone is 1. The van der Waals surface area contributed by atoms with Crippen LogP contribution in [0.5, 0.6) is 0 Å². The average molecular weight is 284 g/mol. The molecule has 1 aliphatic rings. The topological polar surface area (TPSA) is 35.5 Å². The summed E-state index contributed by atoms with van der Waals surface area (Å²) >= 11 is 0. The third-order valence-corrected chi connectivity index (χ3v) is 3.20. The van der Waals surface area contributed by atoms with E-state index in [4.69, 9.17) is 9.47 Å². The van der Waals surface area contributed by atoms with Gasteiger partial charge in [-0.15, -0.1) is 6.58 Å². The highest BCUT2D eigenvalue weighted by atomic mass is 16.6. The molecule has 0 aromatic carbocycles. The number of carbonyl (C=O) groups excluding carboxylic acids is 1. The number of esters is 1. The van der Waals surface area contributed by atoms with Crippen molar-refractivity contribution < 1.29 is 14.3 Å². The Bertz CT molecular complexity index is 238. The number of rotatable bonds is 10. The molecular weight excluding hydrogens is 252 g/mol. The smallest absolute Gasteiger partial charge is 0.335 e. The van der Waals surface area contributed by atoms with Crippen molar-refractivity contribution >= 4 is 5.97 Å². The van der Waals surface area contributed by atoms with E-state index < -0.39 is 0 Å². The lowest BCUT2D eigenvalue weighted by atomic mass is 10.1. The second-order valence-electron chi connectivity index (χ2n) is 5.20. The van der Waals surface area contributed by atoms with E-state index in [1.165, 1.54) is 44.9 Å². The van der Waals surface area contributed by atoms with Gasteiger partial charge in [0.05, 0.1) is 6.61 Å². The maximum absolute atomic E-state index is 11.1. The lowest BCUT2D eigenvalue weighted by molar-refractivity contribution is -0.147. The van der Waals surface area contributed by atoms with Crippen LogP contribution >= 0.6 is 0 Å². The molecule has 20 heavy (non-hydrogen) atoms. The molecule has 1 saturated heterocycles. The van der Waals surface area contributed by atoms with Crippen LogP contribution in [-0.2, 0) is 14.3 Å². The highest BCUT2D eigenvalue weighted by Crippen LogP contribution is 2.12. The van der Waals surface area contributed by atoms with Gasteiger partial charge in [0.15, 0.2) is 6.10 Å². The van der Waals surface area contributed by atoms with Crippen LogP contribution < -0.4 is 0 Å². The molecule has 3 nitrogen and oxygen atoms in total. The maximum Gasteiger partial charge on any atom is 0.335 e. The Hall–Kier alpha value is -0.830. The van der Waals surface area contributed by atoms with Crippen molar-refractivity contribution in [2.75, 3.05) is 13.2 Å². The molecule has 1 fully saturated rings. The van der Waals surface area contributed by atoms with E-state index >= 15 is 0 Å². The molecule has 0 N–H and O–H groups in total. The second kappa shape index (κ2) is 14.6. The molecule has 0 aromatic rings. The molecule has 118 valence electrons. The minimum Gasteiger partial charge on any atom is -0.464 e. The normalized spacial score (nSPS) is 17.3. The molecule has 0 saturated carbocycles. The highest BCUT2D eigenvalue weighted by Gasteiger charge is 2.26. The standard InChI is InChI=1S/C14H26O3.C3H6/c1-2-3-4-5-6-7-8-9-11-16-13-10-12-17-14(13)15;1-3-2/h13H,2-12H2,1H3;3H,1H2,2H3/t13-;/m1./s1. The summed E-state index contributed by atoms with van der Waals surface area (Å²) in [5.74, 6) is -0.176. The van der Waals surface area contributed by atoms with Crippen LogP contribution in [0.1, 0.15) is 71.6 Å². The zero-order valence-corrected chi connectivity index (χ0v) is 13.4. The van der Waals surface area contributed by atoms with Gasteiger partial charge < -0.3 is 9.47 Å². The summed E-state index contributed by atoms with van der Waals surface area (Å²) in [6.07, 6.45) is 12.5. The summed E-state index contributed by atoms with van der Waals surface area (Å²) in [6.45, 7) is 8.72. The molecule has 0 aromatic heterocycles. The van der Waals surface area contributed by atoms with E-state index in [1.807, 2.05) is 6.92 Å². The zero-order chi connectivity index (χ0) is 15.1. The van der Waals surface area contributed by atoms with E-state index in [1.54, 1.807) is 6.08 Å². The van der Waals surface area contributed by atoms with Crippen LogP contribution in [0.25, 0.3) is 0 Å². The third-order valence-electron chi connectivity index (χ3n) is 3.20. The molecule has 1 rings (SSSR count). The summed E-state index contributed by atoms with van der Waals surface area (Å²) < 4.78 is 10.3.